The van der Waals surface area contributed by atoms with E-state index >= 15 is 0 Å². The van der Waals surface area contributed by atoms with Gasteiger partial charge >= 0.3 is 0 Å². The number of ether oxygens (including phenoxy) is 4. The van der Waals surface area contributed by atoms with Gasteiger partial charge in [0.25, 0.3) is 0 Å². The largest absolute Gasteiger partial charge is 0.496 e. The van der Waals surface area contributed by atoms with Crippen molar-refractivity contribution in [3.63, 3.8) is 0 Å². The van der Waals surface area contributed by atoms with Crippen molar-refractivity contribution in [1.82, 2.24) is 5.32 Å². The molecule has 0 unspecified atom stereocenters. The zero-order valence-corrected chi connectivity index (χ0v) is 20.5. The van der Waals surface area contributed by atoms with Gasteiger partial charge in [0.15, 0.2) is 0 Å². The van der Waals surface area contributed by atoms with Crippen molar-refractivity contribution < 1.29 is 24.1 Å². The minimum Gasteiger partial charge on any atom is -0.496 e. The standard InChI is InChI=1S/C28H35NO5/c1-5-14-33-23-10-6-8-21(15-23)25-11-7-9-22(20(25)2)19-34-24-16-27(31-3)26(18-29-12-13-30)28(17-24)32-4/h6-11,15-17,29-30H,5,12-14,18-19H2,1-4H3. The van der Waals surface area contributed by atoms with Crippen LogP contribution in [-0.4, -0.2) is 39.1 Å². The van der Waals surface area contributed by atoms with Crippen LogP contribution in [0.25, 0.3) is 11.1 Å². The fraction of sp³-hybridized carbons (Fsp3) is 0.357. The van der Waals surface area contributed by atoms with Crippen LogP contribution in [0, 0.1) is 6.92 Å². The molecule has 0 radical (unpaired) electrons. The Morgan fingerprint density at radius 3 is 2.29 bits per heavy atom. The van der Waals surface area contributed by atoms with E-state index < -0.39 is 0 Å². The Hall–Kier alpha value is -3.22. The molecular weight excluding hydrogens is 430 g/mol. The Morgan fingerprint density at radius 2 is 1.62 bits per heavy atom. The zero-order chi connectivity index (χ0) is 24.3. The molecule has 3 rings (SSSR count). The van der Waals surface area contributed by atoms with E-state index in [1.54, 1.807) is 14.2 Å². The van der Waals surface area contributed by atoms with Crippen LogP contribution in [0.5, 0.6) is 23.0 Å². The highest BCUT2D eigenvalue weighted by Gasteiger charge is 2.14. The molecule has 0 aliphatic heterocycles. The van der Waals surface area contributed by atoms with Gasteiger partial charge < -0.3 is 29.4 Å². The van der Waals surface area contributed by atoms with E-state index in [0.717, 1.165) is 34.4 Å². The number of rotatable bonds is 13. The first-order valence-corrected chi connectivity index (χ1v) is 11.6. The molecule has 34 heavy (non-hydrogen) atoms. The van der Waals surface area contributed by atoms with Crippen LogP contribution in [0.15, 0.2) is 54.6 Å². The molecule has 0 atom stereocenters. The summed E-state index contributed by atoms with van der Waals surface area (Å²) in [6.07, 6.45) is 0.978. The molecule has 3 aromatic rings. The predicted octanol–water partition coefficient (Wildman–Crippen LogP) is 5.13. The molecule has 0 aliphatic carbocycles. The van der Waals surface area contributed by atoms with E-state index in [4.69, 9.17) is 24.1 Å². The van der Waals surface area contributed by atoms with Crippen LogP contribution in [0.4, 0.5) is 0 Å². The van der Waals surface area contributed by atoms with Crippen LogP contribution in [0.3, 0.4) is 0 Å². The van der Waals surface area contributed by atoms with Crippen molar-refractivity contribution in [2.45, 2.75) is 33.4 Å². The fourth-order valence-electron chi connectivity index (χ4n) is 3.80. The van der Waals surface area contributed by atoms with Gasteiger partial charge in [-0.3, -0.25) is 0 Å². The summed E-state index contributed by atoms with van der Waals surface area (Å²) in [5, 5.41) is 12.2. The molecular formula is C28H35NO5. The lowest BCUT2D eigenvalue weighted by atomic mass is 9.96. The van der Waals surface area contributed by atoms with E-state index in [1.807, 2.05) is 24.3 Å². The summed E-state index contributed by atoms with van der Waals surface area (Å²) in [5.74, 6) is 2.90. The molecule has 6 heteroatoms. The number of methoxy groups -OCH3 is 2. The molecule has 182 valence electrons. The summed E-state index contributed by atoms with van der Waals surface area (Å²) in [5.41, 5.74) is 5.43. The summed E-state index contributed by atoms with van der Waals surface area (Å²) >= 11 is 0. The van der Waals surface area contributed by atoms with E-state index in [-0.39, 0.29) is 6.61 Å². The second kappa shape index (κ2) is 12.9. The van der Waals surface area contributed by atoms with Gasteiger partial charge in [0.1, 0.15) is 29.6 Å². The van der Waals surface area contributed by atoms with E-state index in [1.165, 1.54) is 5.56 Å². The molecule has 0 amide bonds. The molecule has 0 aliphatic rings. The average molecular weight is 466 g/mol. The Morgan fingerprint density at radius 1 is 0.882 bits per heavy atom. The smallest absolute Gasteiger partial charge is 0.130 e. The third kappa shape index (κ3) is 6.43. The van der Waals surface area contributed by atoms with Crippen molar-refractivity contribution in [1.29, 1.82) is 0 Å². The van der Waals surface area contributed by atoms with Gasteiger partial charge in [-0.2, -0.15) is 0 Å². The van der Waals surface area contributed by atoms with Gasteiger partial charge in [0.2, 0.25) is 0 Å². The lowest BCUT2D eigenvalue weighted by molar-refractivity contribution is 0.289. The fourth-order valence-corrected chi connectivity index (χ4v) is 3.80. The Balaban J connectivity index is 1.80. The highest BCUT2D eigenvalue weighted by Crippen LogP contribution is 2.35. The van der Waals surface area contributed by atoms with E-state index in [9.17, 15) is 0 Å². The molecule has 0 bridgehead atoms. The third-order valence-electron chi connectivity index (χ3n) is 5.63. The summed E-state index contributed by atoms with van der Waals surface area (Å²) in [6.45, 7) is 6.43. The third-order valence-corrected chi connectivity index (χ3v) is 5.63. The van der Waals surface area contributed by atoms with Crippen molar-refractivity contribution >= 4 is 0 Å². The Labute approximate surface area is 202 Å². The van der Waals surface area contributed by atoms with Gasteiger partial charge in [0, 0.05) is 25.2 Å². The normalized spacial score (nSPS) is 10.7. The van der Waals surface area contributed by atoms with Gasteiger partial charge in [-0.1, -0.05) is 37.3 Å². The topological polar surface area (TPSA) is 69.2 Å². The second-order valence-electron chi connectivity index (χ2n) is 7.96. The molecule has 0 aromatic heterocycles. The summed E-state index contributed by atoms with van der Waals surface area (Å²) in [4.78, 5) is 0. The van der Waals surface area contributed by atoms with E-state index in [0.29, 0.717) is 43.6 Å². The first-order valence-electron chi connectivity index (χ1n) is 11.6. The van der Waals surface area contributed by atoms with Crippen molar-refractivity contribution in [2.75, 3.05) is 34.0 Å². The number of hydrogen-bond acceptors (Lipinski definition) is 6. The molecule has 2 N–H and O–H groups in total. The molecule has 6 nitrogen and oxygen atoms in total. The monoisotopic (exact) mass is 465 g/mol. The van der Waals surface area contributed by atoms with E-state index in [2.05, 4.69) is 49.5 Å². The SMILES string of the molecule is CCCOc1cccc(-c2cccc(COc3cc(OC)c(CNCCO)c(OC)c3)c2C)c1. The van der Waals surface area contributed by atoms with Crippen molar-refractivity contribution in [3.8, 4) is 34.1 Å². The van der Waals surface area contributed by atoms with Gasteiger partial charge in [-0.15, -0.1) is 0 Å². The van der Waals surface area contributed by atoms with Crippen LogP contribution in [0.1, 0.15) is 30.0 Å². The maximum Gasteiger partial charge on any atom is 0.130 e. The van der Waals surface area contributed by atoms with Crippen molar-refractivity contribution in [2.24, 2.45) is 0 Å². The first-order chi connectivity index (χ1) is 16.6. The molecule has 0 fully saturated rings. The molecule has 3 aromatic carbocycles. The highest BCUT2D eigenvalue weighted by atomic mass is 16.5. The van der Waals surface area contributed by atoms with Crippen LogP contribution < -0.4 is 24.3 Å². The summed E-state index contributed by atoms with van der Waals surface area (Å²) in [7, 11) is 3.25. The predicted molar refractivity (Wildman–Crippen MR) is 135 cm³/mol. The minimum absolute atomic E-state index is 0.0697. The average Bonchev–Trinajstić information content (AvgIpc) is 2.87. The van der Waals surface area contributed by atoms with Crippen LogP contribution >= 0.6 is 0 Å². The number of hydrogen-bond donors (Lipinski definition) is 2. The lowest BCUT2D eigenvalue weighted by Crippen LogP contribution is -2.18. The van der Waals surface area contributed by atoms with Crippen molar-refractivity contribution in [3.05, 3.63) is 71.3 Å². The lowest BCUT2D eigenvalue weighted by Gasteiger charge is -2.17. The van der Waals surface area contributed by atoms with Crippen LogP contribution in [0.2, 0.25) is 0 Å². The Bertz CT molecular complexity index is 1040. The van der Waals surface area contributed by atoms with Gasteiger partial charge in [0.05, 0.1) is 33.0 Å². The number of aliphatic hydroxyl groups is 1. The molecule has 0 heterocycles. The van der Waals surface area contributed by atoms with Crippen LogP contribution in [-0.2, 0) is 13.2 Å². The quantitative estimate of drug-likeness (QED) is 0.341. The minimum atomic E-state index is 0.0697. The Kier molecular flexibility index (Phi) is 9.62. The number of nitrogens with one attached hydrogen (secondary N) is 1. The highest BCUT2D eigenvalue weighted by molar-refractivity contribution is 5.69. The number of benzene rings is 3. The first kappa shape index (κ1) is 25.4. The molecule has 0 saturated heterocycles. The zero-order valence-electron chi connectivity index (χ0n) is 20.5. The second-order valence-corrected chi connectivity index (χ2v) is 7.96. The van der Waals surface area contributed by atoms with Gasteiger partial charge in [-0.05, 0) is 47.7 Å². The maximum absolute atomic E-state index is 9.03. The molecule has 0 saturated carbocycles. The number of aliphatic hydroxyl groups excluding tert-OH is 1. The summed E-state index contributed by atoms with van der Waals surface area (Å²) in [6, 6.07) is 18.2. The molecule has 0 spiro atoms. The maximum atomic E-state index is 9.03. The van der Waals surface area contributed by atoms with Gasteiger partial charge in [-0.25, -0.2) is 0 Å². The summed E-state index contributed by atoms with van der Waals surface area (Å²) < 4.78 is 23.1.